The quantitative estimate of drug-likeness (QED) is 0.130. The number of halogens is 1. The van der Waals surface area contributed by atoms with Gasteiger partial charge in [0.2, 0.25) is 0 Å². The summed E-state index contributed by atoms with van der Waals surface area (Å²) in [4.78, 5) is 37.1. The highest BCUT2D eigenvalue weighted by Crippen LogP contribution is 2.43. The van der Waals surface area contributed by atoms with Crippen LogP contribution in [0.3, 0.4) is 0 Å². The molecule has 0 spiro atoms. The summed E-state index contributed by atoms with van der Waals surface area (Å²) in [6.07, 6.45) is 22.3. The number of rotatable bonds is 9. The van der Waals surface area contributed by atoms with E-state index in [9.17, 15) is 14.4 Å². The maximum Gasteiger partial charge on any atom is 0.308 e. The molecule has 6 aliphatic rings. The molecule has 0 aromatic heterocycles. The Bertz CT molecular complexity index is 2380. The predicted molar refractivity (Wildman–Crippen MR) is 293 cm³/mol. The van der Waals surface area contributed by atoms with Gasteiger partial charge >= 0.3 is 11.9 Å². The van der Waals surface area contributed by atoms with Crippen molar-refractivity contribution in [1.82, 2.24) is 10.2 Å². The van der Waals surface area contributed by atoms with Gasteiger partial charge in [0.15, 0.2) is 0 Å². The molecule has 4 unspecified atom stereocenters. The van der Waals surface area contributed by atoms with Crippen molar-refractivity contribution in [2.75, 3.05) is 14.2 Å². The molecular weight excluding hydrogens is 920 g/mol. The maximum atomic E-state index is 12.2. The number of carbonyl (C=O) groups is 3. The van der Waals surface area contributed by atoms with Crippen molar-refractivity contribution in [3.63, 3.8) is 0 Å². The SMILES string of the molecule is CC(C)(C)C1CCC(Oc2cccc3cc(C=O)ccc23)CC1.COC(=O)C1CC2CCCC(C1)N2.COC(=O)C1CC2CCCC(C1)N2Cc1ccc2c(OC3CCC(C(C)(C)C)CC3)cccc2c1.Cl. The first-order chi connectivity index (χ1) is 34.1. The summed E-state index contributed by atoms with van der Waals surface area (Å²) in [5.74, 6) is 3.76. The normalized spacial score (nSPS) is 28.4. The summed E-state index contributed by atoms with van der Waals surface area (Å²) < 4.78 is 22.7. The van der Waals surface area contributed by atoms with Crippen molar-refractivity contribution in [3.8, 4) is 11.5 Å². The highest BCUT2D eigenvalue weighted by molar-refractivity contribution is 5.93. The fourth-order valence-corrected chi connectivity index (χ4v) is 13.3. The van der Waals surface area contributed by atoms with E-state index in [1.54, 1.807) is 0 Å². The molecule has 4 saturated heterocycles. The van der Waals surface area contributed by atoms with E-state index in [2.05, 4.69) is 88.2 Å². The van der Waals surface area contributed by atoms with Gasteiger partial charge in [0.05, 0.1) is 38.3 Å². The lowest BCUT2D eigenvalue weighted by atomic mass is 9.72. The number of hydrogen-bond donors (Lipinski definition) is 1. The van der Waals surface area contributed by atoms with Crippen LogP contribution >= 0.6 is 12.4 Å². The van der Waals surface area contributed by atoms with E-state index in [0.717, 1.165) is 98.3 Å². The number of nitrogens with zero attached hydrogens (tertiary/aromatic N) is 1. The summed E-state index contributed by atoms with van der Waals surface area (Å²) in [5, 5.41) is 8.20. The number of benzene rings is 4. The topological polar surface area (TPSA) is 103 Å². The van der Waals surface area contributed by atoms with Crippen LogP contribution in [-0.4, -0.2) is 73.7 Å². The summed E-state index contributed by atoms with van der Waals surface area (Å²) in [5.41, 5.74) is 2.86. The molecular formula is C62H87ClN2O7. The van der Waals surface area contributed by atoms with Crippen molar-refractivity contribution in [3.05, 3.63) is 83.9 Å². The zero-order valence-electron chi connectivity index (χ0n) is 44.9. The molecule has 72 heavy (non-hydrogen) atoms. The van der Waals surface area contributed by atoms with Crippen molar-refractivity contribution < 1.29 is 33.3 Å². The largest absolute Gasteiger partial charge is 0.490 e. The third kappa shape index (κ3) is 14.1. The molecule has 1 N–H and O–H groups in total. The zero-order chi connectivity index (χ0) is 50.3. The molecule has 10 rings (SSSR count). The van der Waals surface area contributed by atoms with Crippen molar-refractivity contribution in [2.24, 2.45) is 34.5 Å². The standard InChI is InChI=1S/C31H43NO3.C21H26O2.C10H17NO2.ClH/c1-31(2,3)24-12-14-27(15-13-24)35-29-10-5-7-22-17-21(11-16-28(22)29)20-32-25-8-6-9-26(32)19-23(18-25)30(33)34-4;1-21(2,3)17-8-10-18(11-9-17)23-20-6-4-5-16-13-15(14-22)7-12-19(16)20;1-13-10(12)7-5-8-3-2-4-9(6-7)11-8;/h5,7,10-11,16-17,23-27H,6,8-9,12-15,18-20H2,1-4H3;4-7,12-14,17-18H,8-11H2,1-3H3;7-9,11H,2-6H2,1H3;1H. The fraction of sp³-hybridized carbons (Fsp3) is 0.629. The number of aldehydes is 1. The number of nitrogens with one attached hydrogen (secondary N) is 1. The van der Waals surface area contributed by atoms with E-state index in [1.165, 1.54) is 94.8 Å². The summed E-state index contributed by atoms with van der Waals surface area (Å²) in [7, 11) is 3.01. The van der Waals surface area contributed by atoms with Gasteiger partial charge in [0.25, 0.3) is 0 Å². The van der Waals surface area contributed by atoms with Crippen LogP contribution in [0.2, 0.25) is 0 Å². The molecule has 2 aliphatic carbocycles. The van der Waals surface area contributed by atoms with E-state index in [4.69, 9.17) is 18.9 Å². The van der Waals surface area contributed by atoms with Gasteiger partial charge in [-0.2, -0.15) is 0 Å². The third-order valence-electron chi connectivity index (χ3n) is 17.6. The molecule has 4 heterocycles. The van der Waals surface area contributed by atoms with Gasteiger partial charge in [-0.1, -0.05) is 96.8 Å². The molecule has 4 atom stereocenters. The number of carbonyl (C=O) groups excluding carboxylic acids is 3. The number of piperidine rings is 4. The molecule has 6 fully saturated rings. The molecule has 9 nitrogen and oxygen atoms in total. The summed E-state index contributed by atoms with van der Waals surface area (Å²) >= 11 is 0. The van der Waals surface area contributed by atoms with Crippen LogP contribution in [0.25, 0.3) is 21.5 Å². The molecule has 10 heteroatoms. The molecule has 0 radical (unpaired) electrons. The molecule has 4 aliphatic heterocycles. The average molecular weight is 1010 g/mol. The van der Waals surface area contributed by atoms with Crippen LogP contribution in [0.4, 0.5) is 0 Å². The predicted octanol–water partition coefficient (Wildman–Crippen LogP) is 14.3. The first kappa shape index (κ1) is 55.6. The number of methoxy groups -OCH3 is 2. The van der Waals surface area contributed by atoms with Crippen molar-refractivity contribution in [1.29, 1.82) is 0 Å². The number of hydrogen-bond acceptors (Lipinski definition) is 9. The number of fused-ring (bicyclic) bond motifs is 6. The second kappa shape index (κ2) is 24.9. The Hall–Kier alpha value is -4.18. The second-order valence-corrected chi connectivity index (χ2v) is 24.4. The molecule has 2 saturated carbocycles. The molecule has 4 bridgehead atoms. The fourth-order valence-electron chi connectivity index (χ4n) is 13.3. The van der Waals surface area contributed by atoms with Gasteiger partial charge in [-0.05, 0) is 172 Å². The summed E-state index contributed by atoms with van der Waals surface area (Å²) in [6.45, 7) is 15.1. The lowest BCUT2D eigenvalue weighted by Crippen LogP contribution is -2.52. The van der Waals surface area contributed by atoms with Crippen LogP contribution < -0.4 is 14.8 Å². The number of esters is 2. The Morgan fingerprint density at radius 1 is 0.583 bits per heavy atom. The van der Waals surface area contributed by atoms with Gasteiger partial charge in [0, 0.05) is 47.0 Å². The van der Waals surface area contributed by atoms with Crippen LogP contribution in [0.1, 0.15) is 173 Å². The van der Waals surface area contributed by atoms with Crippen molar-refractivity contribution in [2.45, 2.75) is 200 Å². The maximum absolute atomic E-state index is 12.2. The highest BCUT2D eigenvalue weighted by Gasteiger charge is 2.41. The first-order valence-electron chi connectivity index (χ1n) is 27.6. The first-order valence-corrected chi connectivity index (χ1v) is 27.6. The minimum atomic E-state index is -0.0216. The van der Waals surface area contributed by atoms with E-state index >= 15 is 0 Å². The van der Waals surface area contributed by atoms with E-state index in [-0.39, 0.29) is 36.2 Å². The van der Waals surface area contributed by atoms with Gasteiger partial charge in [-0.3, -0.25) is 19.3 Å². The minimum absolute atomic E-state index is 0. The van der Waals surface area contributed by atoms with Crippen LogP contribution in [-0.2, 0) is 25.6 Å². The number of ether oxygens (including phenoxy) is 4. The van der Waals surface area contributed by atoms with Crippen LogP contribution in [0.15, 0.2) is 72.8 Å². The average Bonchev–Trinajstić information content (AvgIpc) is 3.36. The monoisotopic (exact) mass is 1010 g/mol. The highest BCUT2D eigenvalue weighted by atomic mass is 35.5. The Morgan fingerprint density at radius 2 is 1.04 bits per heavy atom. The smallest absolute Gasteiger partial charge is 0.308 e. The lowest BCUT2D eigenvalue weighted by Gasteiger charge is -2.48. The van der Waals surface area contributed by atoms with Crippen molar-refractivity contribution >= 4 is 52.2 Å². The minimum Gasteiger partial charge on any atom is -0.490 e. The van der Waals surface area contributed by atoms with Gasteiger partial charge in [-0.25, -0.2) is 0 Å². The zero-order valence-corrected chi connectivity index (χ0v) is 45.7. The Morgan fingerprint density at radius 3 is 1.51 bits per heavy atom. The Balaban J connectivity index is 0.000000176. The van der Waals surface area contributed by atoms with E-state index in [0.29, 0.717) is 52.8 Å². The molecule has 394 valence electrons. The second-order valence-electron chi connectivity index (χ2n) is 24.4. The van der Waals surface area contributed by atoms with E-state index in [1.807, 2.05) is 36.4 Å². The van der Waals surface area contributed by atoms with Gasteiger partial charge < -0.3 is 24.3 Å². The van der Waals surface area contributed by atoms with E-state index < -0.39 is 0 Å². The van der Waals surface area contributed by atoms with Gasteiger partial charge in [-0.15, -0.1) is 12.4 Å². The van der Waals surface area contributed by atoms with Crippen LogP contribution in [0.5, 0.6) is 11.5 Å². The van der Waals surface area contributed by atoms with Gasteiger partial charge in [0.1, 0.15) is 17.8 Å². The molecule has 4 aromatic rings. The Labute approximate surface area is 438 Å². The Kier molecular flexibility index (Phi) is 19.2. The lowest BCUT2D eigenvalue weighted by molar-refractivity contribution is -0.150. The van der Waals surface area contributed by atoms with Crippen LogP contribution in [0, 0.1) is 34.5 Å². The molecule has 4 aromatic carbocycles. The third-order valence-corrected chi connectivity index (χ3v) is 17.6. The molecule has 0 amide bonds. The summed E-state index contributed by atoms with van der Waals surface area (Å²) in [6, 6.07) is 27.3.